The van der Waals surface area contributed by atoms with E-state index in [2.05, 4.69) is 38.1 Å². The molecule has 0 bridgehead atoms. The summed E-state index contributed by atoms with van der Waals surface area (Å²) in [5, 5.41) is 11.0. The number of benzene rings is 3. The standard InChI is InChI=1S/C56H63N10O13P/c1-63-25-24-37-15-18-45(66(37)54(74)43(31-63)60-50(70)42-29-36-28-35(14-16-40(36)58-42)56(76)80(77,78)79)52(72)59-41(17-20-46(57)67)49(69)62-48(34-10-3-2-4-11-34)55(75)64-26-22-32(23-27-64)8-5-6-9-33-12-7-13-38-39(33)30-65(53(38)73)44-19-21-47(68)61-51(44)71/h2-4,7,10-14,16,28-29,32,37,41,43-45,48,58H,5,8,15,17-27,30-31H2,1H3,(H2,57,67)(H,59,72)(H,60,70)(H,62,69)(H,61,68,71)(H2,77,78,79)/t37-,41+,43+,44?,45+,48+/m1/s1. The van der Waals surface area contributed by atoms with Crippen molar-refractivity contribution in [2.45, 2.75) is 113 Å². The van der Waals surface area contributed by atoms with Crippen molar-refractivity contribution in [3.63, 3.8) is 0 Å². The zero-order valence-corrected chi connectivity index (χ0v) is 44.9. The first kappa shape index (κ1) is 56.7. The molecule has 1 unspecified atom stereocenters. The number of primary amides is 1. The average Bonchev–Trinajstić information content (AvgIpc) is 4.26. The lowest BCUT2D eigenvalue weighted by atomic mass is 9.91. The van der Waals surface area contributed by atoms with Gasteiger partial charge in [-0.3, -0.25) is 57.8 Å². The van der Waals surface area contributed by atoms with Crippen LogP contribution in [0.3, 0.4) is 0 Å². The highest BCUT2D eigenvalue weighted by atomic mass is 31.2. The van der Waals surface area contributed by atoms with Gasteiger partial charge in [-0.05, 0) is 118 Å². The summed E-state index contributed by atoms with van der Waals surface area (Å²) in [5.74, 6) is 1.87. The van der Waals surface area contributed by atoms with E-state index in [1.807, 2.05) is 11.0 Å². The van der Waals surface area contributed by atoms with E-state index in [-0.39, 0.29) is 80.1 Å². The first-order valence-corrected chi connectivity index (χ1v) is 28.4. The molecule has 1 aromatic heterocycles. The Morgan fingerprint density at radius 2 is 1.64 bits per heavy atom. The van der Waals surface area contributed by atoms with Crippen molar-refractivity contribution in [1.29, 1.82) is 0 Å². The number of piperidine rings is 2. The zero-order valence-electron chi connectivity index (χ0n) is 44.0. The topological polar surface area (TPSA) is 331 Å². The van der Waals surface area contributed by atoms with E-state index < -0.39 is 84.8 Å². The Kier molecular flexibility index (Phi) is 17.1. The van der Waals surface area contributed by atoms with Crippen LogP contribution in [0.2, 0.25) is 0 Å². The highest BCUT2D eigenvalue weighted by molar-refractivity contribution is 7.70. The van der Waals surface area contributed by atoms with Gasteiger partial charge in [-0.2, -0.15) is 0 Å². The second-order valence-corrected chi connectivity index (χ2v) is 22.7. The molecule has 4 fully saturated rings. The van der Waals surface area contributed by atoms with E-state index in [4.69, 9.17) is 5.73 Å². The maximum Gasteiger partial charge on any atom is 0.396 e. The average molecular weight is 1120 g/mol. The van der Waals surface area contributed by atoms with Crippen molar-refractivity contribution < 1.29 is 62.3 Å². The molecule has 5 aliphatic rings. The predicted octanol–water partition coefficient (Wildman–Crippen LogP) is 1.72. The molecule has 6 atom stereocenters. The fourth-order valence-corrected chi connectivity index (χ4v) is 11.9. The maximum absolute atomic E-state index is 14.6. The summed E-state index contributed by atoms with van der Waals surface area (Å²) in [6, 6.07) is 13.4. The summed E-state index contributed by atoms with van der Waals surface area (Å²) in [4.78, 5) is 162. The highest BCUT2D eigenvalue weighted by Gasteiger charge is 2.46. The van der Waals surface area contributed by atoms with Gasteiger partial charge in [0.15, 0.2) is 0 Å². The third-order valence-corrected chi connectivity index (χ3v) is 16.6. The molecule has 0 radical (unpaired) electrons. The van der Waals surface area contributed by atoms with Gasteiger partial charge in [0.05, 0.1) is 0 Å². The second-order valence-electron chi connectivity index (χ2n) is 21.2. The van der Waals surface area contributed by atoms with E-state index in [9.17, 15) is 62.3 Å². The van der Waals surface area contributed by atoms with Crippen molar-refractivity contribution in [2.24, 2.45) is 11.7 Å². The van der Waals surface area contributed by atoms with Gasteiger partial charge in [-0.1, -0.05) is 48.2 Å². The third kappa shape index (κ3) is 12.7. The number of H-pyrrole nitrogens is 1. The van der Waals surface area contributed by atoms with Crippen molar-refractivity contribution in [2.75, 3.05) is 33.2 Å². The maximum atomic E-state index is 14.6. The lowest BCUT2D eigenvalue weighted by Gasteiger charge is -2.38. The van der Waals surface area contributed by atoms with Gasteiger partial charge in [0, 0.05) is 79.1 Å². The number of likely N-dealkylation sites (tertiary alicyclic amines) is 1. The van der Waals surface area contributed by atoms with Crippen LogP contribution in [0.25, 0.3) is 10.9 Å². The number of nitrogens with zero attached hydrogens (tertiary/aromatic N) is 4. The molecule has 0 saturated carbocycles. The normalized spacial score (nSPS) is 21.5. The molecule has 3 aromatic carbocycles. The fraction of sp³-hybridized carbons (Fsp3) is 0.429. The van der Waals surface area contributed by atoms with Crippen LogP contribution in [-0.4, -0.2) is 156 Å². The van der Waals surface area contributed by atoms with Gasteiger partial charge in [-0.25, -0.2) is 0 Å². The number of nitrogens with one attached hydrogen (secondary N) is 5. The molecule has 5 aliphatic heterocycles. The van der Waals surface area contributed by atoms with Crippen LogP contribution in [-0.2, 0) is 44.7 Å². The Morgan fingerprint density at radius 3 is 2.36 bits per heavy atom. The van der Waals surface area contributed by atoms with Gasteiger partial charge in [0.1, 0.15) is 35.9 Å². The summed E-state index contributed by atoms with van der Waals surface area (Å²) in [7, 11) is -3.28. The number of hydrogen-bond donors (Lipinski definition) is 8. The number of carbonyl (C=O) groups excluding carboxylic acids is 10. The van der Waals surface area contributed by atoms with Crippen molar-refractivity contribution >= 4 is 77.2 Å². The molecule has 9 amide bonds. The van der Waals surface area contributed by atoms with Crippen LogP contribution < -0.4 is 27.0 Å². The number of carbonyl (C=O) groups is 10. The number of aromatic amines is 1. The molecule has 6 heterocycles. The number of hydrogen-bond acceptors (Lipinski definition) is 12. The molecule has 80 heavy (non-hydrogen) atoms. The van der Waals surface area contributed by atoms with Crippen LogP contribution in [0.1, 0.15) is 125 Å². The quantitative estimate of drug-likeness (QED) is 0.0450. The van der Waals surface area contributed by atoms with Gasteiger partial charge in [0.2, 0.25) is 41.4 Å². The molecule has 23 nitrogen and oxygen atoms in total. The molecular formula is C56H63N10O13P. The predicted molar refractivity (Wildman–Crippen MR) is 287 cm³/mol. The van der Waals surface area contributed by atoms with E-state index in [1.165, 1.54) is 34.1 Å². The molecule has 0 spiro atoms. The van der Waals surface area contributed by atoms with Gasteiger partial charge in [-0.15, -0.1) is 0 Å². The minimum atomic E-state index is -5.07. The first-order chi connectivity index (χ1) is 38.2. The molecular weight excluding hydrogens is 1050 g/mol. The number of fused-ring (bicyclic) bond motifs is 3. The Morgan fingerprint density at radius 1 is 0.875 bits per heavy atom. The minimum Gasteiger partial charge on any atom is -0.370 e. The molecule has 9 rings (SSSR count). The van der Waals surface area contributed by atoms with Gasteiger partial charge in [0.25, 0.3) is 17.3 Å². The number of nitrogens with two attached hydrogens (primary N) is 1. The molecule has 0 aliphatic carbocycles. The number of likely N-dealkylation sites (N-methyl/N-ethyl adjacent to an activating group) is 1. The Labute approximate surface area is 460 Å². The summed E-state index contributed by atoms with van der Waals surface area (Å²) in [5.41, 5.74) is 6.74. The van der Waals surface area contributed by atoms with Gasteiger partial charge >= 0.3 is 7.60 Å². The van der Waals surface area contributed by atoms with Crippen LogP contribution in [0, 0.1) is 17.8 Å². The summed E-state index contributed by atoms with van der Waals surface area (Å²) < 4.78 is 11.6. The van der Waals surface area contributed by atoms with Gasteiger partial charge < -0.3 is 56.1 Å². The van der Waals surface area contributed by atoms with Crippen molar-refractivity contribution in [3.8, 4) is 11.8 Å². The smallest absolute Gasteiger partial charge is 0.370 e. The van der Waals surface area contributed by atoms with E-state index in [0.717, 1.165) is 12.0 Å². The zero-order chi connectivity index (χ0) is 57.0. The molecule has 4 saturated heterocycles. The highest BCUT2D eigenvalue weighted by Crippen LogP contribution is 2.40. The van der Waals surface area contributed by atoms with Crippen molar-refractivity contribution in [3.05, 3.63) is 106 Å². The fourth-order valence-electron chi connectivity index (χ4n) is 11.4. The number of amides is 9. The number of aromatic nitrogens is 1. The monoisotopic (exact) mass is 1110 g/mol. The number of rotatable bonds is 16. The van der Waals surface area contributed by atoms with E-state index in [0.29, 0.717) is 79.3 Å². The second kappa shape index (κ2) is 24.1. The van der Waals surface area contributed by atoms with E-state index >= 15 is 0 Å². The minimum absolute atomic E-state index is 0.00110. The third-order valence-electron chi connectivity index (χ3n) is 15.8. The summed E-state index contributed by atoms with van der Waals surface area (Å²) >= 11 is 0. The van der Waals surface area contributed by atoms with Crippen LogP contribution in [0.15, 0.2) is 72.8 Å². The summed E-state index contributed by atoms with van der Waals surface area (Å²) in [6.07, 6.45) is 3.76. The SMILES string of the molecule is CN1CC[C@H]2CC[C@@H](C(=O)N[C@@H](CCC(N)=O)C(=O)N[C@H](C(=O)N3CCC(CCC#Cc4cccc5c4CN(C4CCC(=O)NC4=O)C5=O)CC3)c3ccccc3)N2C(=O)[C@@H](NC(=O)c2cc3cc(C(=O)P(=O)(O)O)ccc3[nH]2)C1. The molecule has 9 N–H and O–H groups in total. The molecule has 4 aromatic rings. The van der Waals surface area contributed by atoms with Crippen LogP contribution >= 0.6 is 7.60 Å². The largest absolute Gasteiger partial charge is 0.396 e. The Balaban J connectivity index is 0.828. The summed E-state index contributed by atoms with van der Waals surface area (Å²) in [6.45, 7) is 1.61. The van der Waals surface area contributed by atoms with Crippen LogP contribution in [0.4, 0.5) is 0 Å². The Hall–Kier alpha value is -8.03. The molecule has 24 heteroatoms. The first-order valence-electron chi connectivity index (χ1n) is 26.8. The lowest BCUT2D eigenvalue weighted by Crippen LogP contribution is -2.61. The molecule has 420 valence electrons. The van der Waals surface area contributed by atoms with Crippen LogP contribution in [0.5, 0.6) is 0 Å². The lowest BCUT2D eigenvalue weighted by molar-refractivity contribution is -0.144. The van der Waals surface area contributed by atoms with E-state index in [1.54, 1.807) is 54.4 Å². The number of imide groups is 1. The van der Waals surface area contributed by atoms with Crippen molar-refractivity contribution in [1.82, 2.24) is 45.9 Å². The Bertz CT molecular complexity index is 3270.